The van der Waals surface area contributed by atoms with Crippen LogP contribution >= 0.6 is 22.9 Å². The molecule has 0 unspecified atom stereocenters. The summed E-state index contributed by atoms with van der Waals surface area (Å²) in [5, 5.41) is 2.67. The van der Waals surface area contributed by atoms with Gasteiger partial charge >= 0.3 is 0 Å². The Morgan fingerprint density at radius 1 is 1.43 bits per heavy atom. The molecule has 14 heavy (non-hydrogen) atoms. The first-order valence-electron chi connectivity index (χ1n) is 4.08. The molecule has 0 aliphatic heterocycles. The lowest BCUT2D eigenvalue weighted by molar-refractivity contribution is 1.76. The molecule has 0 nitrogen and oxygen atoms in total. The summed E-state index contributed by atoms with van der Waals surface area (Å²) in [6, 6.07) is 1.99. The van der Waals surface area contributed by atoms with Crippen LogP contribution in [0, 0.1) is 0 Å². The second kappa shape index (κ2) is 4.99. The highest BCUT2D eigenvalue weighted by atomic mass is 35.5. The van der Waals surface area contributed by atoms with Gasteiger partial charge in [0.2, 0.25) is 0 Å². The average Bonchev–Trinajstić information content (AvgIpc) is 2.65. The topological polar surface area (TPSA) is 0 Å². The van der Waals surface area contributed by atoms with Crippen LogP contribution in [0.5, 0.6) is 0 Å². The predicted molar refractivity (Wildman–Crippen MR) is 67.6 cm³/mol. The smallest absolute Gasteiger partial charge is 0.0589 e. The highest BCUT2D eigenvalue weighted by Gasteiger charge is 2.04. The number of thiophene rings is 1. The van der Waals surface area contributed by atoms with Gasteiger partial charge in [-0.15, -0.1) is 11.3 Å². The van der Waals surface area contributed by atoms with E-state index in [1.807, 2.05) is 11.4 Å². The van der Waals surface area contributed by atoms with E-state index in [2.05, 4.69) is 19.7 Å². The van der Waals surface area contributed by atoms with E-state index in [1.54, 1.807) is 29.6 Å². The summed E-state index contributed by atoms with van der Waals surface area (Å²) in [6.45, 7) is 11.1. The standard InChI is InChI=1S/C12H11ClS/c1-4-9(3)8-11(13)12-10(5-2)6-7-14-12/h4-8H,1-3H2/b11-8+. The van der Waals surface area contributed by atoms with Crippen molar-refractivity contribution in [1.29, 1.82) is 0 Å². The van der Waals surface area contributed by atoms with E-state index in [-0.39, 0.29) is 0 Å². The summed E-state index contributed by atoms with van der Waals surface area (Å²) in [6.07, 6.45) is 5.26. The van der Waals surface area contributed by atoms with Gasteiger partial charge in [0, 0.05) is 0 Å². The van der Waals surface area contributed by atoms with Crippen LogP contribution < -0.4 is 0 Å². The van der Waals surface area contributed by atoms with E-state index in [9.17, 15) is 0 Å². The molecular weight excluding hydrogens is 212 g/mol. The number of allylic oxidation sites excluding steroid dienone is 3. The molecule has 0 radical (unpaired) electrons. The fourth-order valence-electron chi connectivity index (χ4n) is 0.961. The molecular formula is C12H11ClS. The Hall–Kier alpha value is -1.05. The van der Waals surface area contributed by atoms with E-state index >= 15 is 0 Å². The molecule has 0 fully saturated rings. The molecule has 0 N–H and O–H groups in total. The molecule has 72 valence electrons. The first-order chi connectivity index (χ1) is 6.69. The van der Waals surface area contributed by atoms with Crippen molar-refractivity contribution < 1.29 is 0 Å². The second-order valence-corrected chi connectivity index (χ2v) is 4.00. The lowest BCUT2D eigenvalue weighted by atomic mass is 10.2. The van der Waals surface area contributed by atoms with Gasteiger partial charge in [-0.05, 0) is 28.7 Å². The number of hydrogen-bond acceptors (Lipinski definition) is 1. The highest BCUT2D eigenvalue weighted by molar-refractivity contribution is 7.12. The molecule has 0 saturated carbocycles. The zero-order valence-electron chi connectivity index (χ0n) is 7.79. The SMILES string of the molecule is C=CC(=C)/C=C(/Cl)c1sccc1C=C. The first-order valence-corrected chi connectivity index (χ1v) is 5.33. The van der Waals surface area contributed by atoms with E-state index in [0.717, 1.165) is 16.0 Å². The van der Waals surface area contributed by atoms with Crippen molar-refractivity contribution in [3.8, 4) is 0 Å². The van der Waals surface area contributed by atoms with Crippen molar-refractivity contribution >= 4 is 34.0 Å². The van der Waals surface area contributed by atoms with Crippen molar-refractivity contribution in [1.82, 2.24) is 0 Å². The van der Waals surface area contributed by atoms with Gasteiger partial charge in [0.1, 0.15) is 0 Å². The highest BCUT2D eigenvalue weighted by Crippen LogP contribution is 2.29. The van der Waals surface area contributed by atoms with Gasteiger partial charge in [-0.2, -0.15) is 0 Å². The second-order valence-electron chi connectivity index (χ2n) is 2.68. The van der Waals surface area contributed by atoms with Crippen molar-refractivity contribution in [2.75, 3.05) is 0 Å². The van der Waals surface area contributed by atoms with Crippen LogP contribution in [0.3, 0.4) is 0 Å². The van der Waals surface area contributed by atoms with Crippen LogP contribution in [0.2, 0.25) is 0 Å². The molecule has 0 amide bonds. The molecule has 1 aromatic heterocycles. The summed E-state index contributed by atoms with van der Waals surface area (Å²) < 4.78 is 0. The zero-order valence-corrected chi connectivity index (χ0v) is 9.37. The van der Waals surface area contributed by atoms with Crippen LogP contribution in [0.4, 0.5) is 0 Å². The van der Waals surface area contributed by atoms with Crippen molar-refractivity contribution in [3.05, 3.63) is 59.3 Å². The molecule has 0 aliphatic carbocycles. The molecule has 1 aromatic rings. The third kappa shape index (κ3) is 2.47. The average molecular weight is 223 g/mol. The number of rotatable bonds is 4. The fraction of sp³-hybridized carbons (Fsp3) is 0. The molecule has 0 aliphatic rings. The summed E-state index contributed by atoms with van der Waals surface area (Å²) in [5.74, 6) is 0. The maximum absolute atomic E-state index is 6.12. The zero-order chi connectivity index (χ0) is 10.6. The minimum absolute atomic E-state index is 0.680. The van der Waals surface area contributed by atoms with Crippen molar-refractivity contribution in [2.24, 2.45) is 0 Å². The van der Waals surface area contributed by atoms with Crippen LogP contribution in [0.1, 0.15) is 10.4 Å². The molecule has 0 atom stereocenters. The monoisotopic (exact) mass is 222 g/mol. The molecule has 0 aromatic carbocycles. The van der Waals surface area contributed by atoms with Crippen molar-refractivity contribution in [3.63, 3.8) is 0 Å². The van der Waals surface area contributed by atoms with E-state index in [4.69, 9.17) is 11.6 Å². The Bertz CT molecular complexity index is 396. The van der Waals surface area contributed by atoms with Crippen molar-refractivity contribution in [2.45, 2.75) is 0 Å². The quantitative estimate of drug-likeness (QED) is 0.647. The molecule has 0 saturated heterocycles. The minimum Gasteiger partial charge on any atom is -0.142 e. The van der Waals surface area contributed by atoms with E-state index in [1.165, 1.54) is 0 Å². The molecule has 1 heterocycles. The summed E-state index contributed by atoms with van der Waals surface area (Å²) >= 11 is 7.71. The van der Waals surface area contributed by atoms with Crippen LogP contribution in [-0.4, -0.2) is 0 Å². The predicted octanol–water partition coefficient (Wildman–Crippen LogP) is 4.71. The van der Waals surface area contributed by atoms with Crippen LogP contribution in [-0.2, 0) is 0 Å². The Labute approximate surface area is 93.5 Å². The fourth-order valence-corrected chi connectivity index (χ4v) is 2.15. The van der Waals surface area contributed by atoms with Gasteiger partial charge in [0.25, 0.3) is 0 Å². The summed E-state index contributed by atoms with van der Waals surface area (Å²) in [5.41, 5.74) is 1.85. The molecule has 2 heteroatoms. The first kappa shape index (κ1) is 11.0. The van der Waals surface area contributed by atoms with Gasteiger partial charge in [0.05, 0.1) is 9.91 Å². The summed E-state index contributed by atoms with van der Waals surface area (Å²) in [4.78, 5) is 1.02. The number of hydrogen-bond donors (Lipinski definition) is 0. The maximum atomic E-state index is 6.12. The number of halogens is 1. The van der Waals surface area contributed by atoms with Gasteiger partial charge in [-0.3, -0.25) is 0 Å². The van der Waals surface area contributed by atoms with Crippen LogP contribution in [0.15, 0.2) is 48.9 Å². The Morgan fingerprint density at radius 3 is 2.71 bits per heavy atom. The lowest BCUT2D eigenvalue weighted by Crippen LogP contribution is -1.75. The third-order valence-electron chi connectivity index (χ3n) is 1.71. The maximum Gasteiger partial charge on any atom is 0.0589 e. The van der Waals surface area contributed by atoms with Gasteiger partial charge in [-0.1, -0.05) is 43.5 Å². The summed E-state index contributed by atoms with van der Waals surface area (Å²) in [7, 11) is 0. The minimum atomic E-state index is 0.680. The Kier molecular flexibility index (Phi) is 3.93. The molecule has 0 spiro atoms. The van der Waals surface area contributed by atoms with E-state index in [0.29, 0.717) is 5.03 Å². The molecule has 0 bridgehead atoms. The van der Waals surface area contributed by atoms with E-state index < -0.39 is 0 Å². The Morgan fingerprint density at radius 2 is 2.14 bits per heavy atom. The Balaban J connectivity index is 3.05. The van der Waals surface area contributed by atoms with Crippen LogP contribution in [0.25, 0.3) is 11.1 Å². The largest absolute Gasteiger partial charge is 0.142 e. The normalized spacial score (nSPS) is 11.1. The third-order valence-corrected chi connectivity index (χ3v) is 3.08. The van der Waals surface area contributed by atoms with Gasteiger partial charge in [0.15, 0.2) is 0 Å². The van der Waals surface area contributed by atoms with Gasteiger partial charge in [-0.25, -0.2) is 0 Å². The molecule has 1 rings (SSSR count). The lowest BCUT2D eigenvalue weighted by Gasteiger charge is -1.97. The van der Waals surface area contributed by atoms with Gasteiger partial charge < -0.3 is 0 Å².